The molecule has 4 saturated carbocycles. The molecule has 0 aromatic heterocycles. The molecule has 1 aromatic carbocycles. The van der Waals surface area contributed by atoms with Gasteiger partial charge in [-0.15, -0.1) is 0 Å². The first kappa shape index (κ1) is 20.0. The van der Waals surface area contributed by atoms with Crippen molar-refractivity contribution in [3.8, 4) is 0 Å². The number of hydrogen-bond donors (Lipinski definition) is 1. The molecule has 0 bridgehead atoms. The van der Waals surface area contributed by atoms with Crippen LogP contribution in [0.3, 0.4) is 0 Å². The fourth-order valence-electron chi connectivity index (χ4n) is 7.87. The number of aliphatic hydroxyl groups excluding tert-OH is 1. The van der Waals surface area contributed by atoms with E-state index in [0.29, 0.717) is 23.5 Å². The molecule has 29 heavy (non-hydrogen) atoms. The number of carbonyl (C=O) groups excluding carboxylic acids is 1. The highest BCUT2D eigenvalue weighted by Crippen LogP contribution is 2.66. The van der Waals surface area contributed by atoms with E-state index in [-0.39, 0.29) is 16.9 Å². The Balaban J connectivity index is 1.45. The average Bonchev–Trinajstić information content (AvgIpc) is 3.00. The smallest absolute Gasteiger partial charge is 0.159 e. The van der Waals surface area contributed by atoms with Crippen molar-refractivity contribution in [2.75, 3.05) is 0 Å². The van der Waals surface area contributed by atoms with Crippen molar-refractivity contribution in [1.29, 1.82) is 0 Å². The highest BCUT2D eigenvalue weighted by atomic mass is 79.9. The first-order chi connectivity index (χ1) is 13.8. The van der Waals surface area contributed by atoms with E-state index in [4.69, 9.17) is 0 Å². The van der Waals surface area contributed by atoms with E-state index in [1.165, 1.54) is 25.7 Å². The summed E-state index contributed by atoms with van der Waals surface area (Å²) < 4.78 is 1.07. The number of ketones is 1. The van der Waals surface area contributed by atoms with Gasteiger partial charge in [0.15, 0.2) is 5.78 Å². The summed E-state index contributed by atoms with van der Waals surface area (Å²) in [7, 11) is 0. The van der Waals surface area contributed by atoms with Crippen LogP contribution in [-0.4, -0.2) is 17.0 Å². The average molecular weight is 457 g/mol. The molecular weight excluding hydrogens is 424 g/mol. The second-order valence-corrected chi connectivity index (χ2v) is 11.7. The lowest BCUT2D eigenvalue weighted by Crippen LogP contribution is -2.54. The van der Waals surface area contributed by atoms with E-state index in [1.54, 1.807) is 0 Å². The summed E-state index contributed by atoms with van der Waals surface area (Å²) in [6.45, 7) is 4.84. The van der Waals surface area contributed by atoms with Gasteiger partial charge in [0.1, 0.15) is 0 Å². The maximum absolute atomic E-state index is 13.0. The number of hydrogen-bond acceptors (Lipinski definition) is 2. The van der Waals surface area contributed by atoms with Gasteiger partial charge in [-0.2, -0.15) is 0 Å². The van der Waals surface area contributed by atoms with E-state index in [0.717, 1.165) is 47.2 Å². The Morgan fingerprint density at radius 3 is 2.48 bits per heavy atom. The number of halogens is 1. The van der Waals surface area contributed by atoms with Gasteiger partial charge in [0, 0.05) is 10.9 Å². The van der Waals surface area contributed by atoms with E-state index in [2.05, 4.69) is 48.0 Å². The molecular formula is C26H33BrO2. The molecule has 0 unspecified atom stereocenters. The molecule has 4 aliphatic rings. The predicted octanol–water partition coefficient (Wildman–Crippen LogP) is 6.42. The van der Waals surface area contributed by atoms with Gasteiger partial charge in [-0.3, -0.25) is 4.79 Å². The summed E-state index contributed by atoms with van der Waals surface area (Å²) in [6.07, 6.45) is 10.7. The number of aliphatic hydroxyl groups is 1. The number of Topliss-reactive ketones (excluding diaryl/α,β-unsaturated/α-hetero) is 1. The van der Waals surface area contributed by atoms with Gasteiger partial charge in [-0.05, 0) is 109 Å². The number of fused-ring (bicyclic) bond motifs is 5. The minimum atomic E-state index is -0.111. The third kappa shape index (κ3) is 3.10. The normalized spacial score (nSPS) is 45.6. The highest BCUT2D eigenvalue weighted by molar-refractivity contribution is 9.10. The van der Waals surface area contributed by atoms with Crippen LogP contribution in [0, 0.1) is 34.5 Å². The zero-order valence-corrected chi connectivity index (χ0v) is 19.2. The molecule has 4 aliphatic carbocycles. The first-order valence-electron chi connectivity index (χ1n) is 11.5. The summed E-state index contributed by atoms with van der Waals surface area (Å²) in [6, 6.07) is 8.28. The van der Waals surface area contributed by atoms with Crippen molar-refractivity contribution in [1.82, 2.24) is 0 Å². The Hall–Kier alpha value is -0.930. The van der Waals surface area contributed by atoms with Crippen LogP contribution in [0.15, 0.2) is 34.3 Å². The standard InChI is InChI=1S/C26H33BrO2/c1-25-12-11-22-20(21(25)9-10-24(25)29)8-5-18-14-23(28)17(15-26(18,22)2)13-16-3-6-19(27)7-4-16/h3-4,6-7,13,18,20-22,24,29H,5,8-12,14-15H2,1-2H3/b17-13-/t18-,20+,21+,22+,24+,25+,26-/m0/s1. The van der Waals surface area contributed by atoms with Crippen molar-refractivity contribution in [3.63, 3.8) is 0 Å². The van der Waals surface area contributed by atoms with Gasteiger partial charge in [0.05, 0.1) is 6.10 Å². The van der Waals surface area contributed by atoms with Crippen LogP contribution in [-0.2, 0) is 4.79 Å². The number of allylic oxidation sites excluding steroid dienone is 1. The van der Waals surface area contributed by atoms with Crippen LogP contribution < -0.4 is 0 Å². The molecule has 0 spiro atoms. The molecule has 1 aromatic rings. The largest absolute Gasteiger partial charge is 0.393 e. The third-order valence-electron chi connectivity index (χ3n) is 9.59. The van der Waals surface area contributed by atoms with Crippen LogP contribution in [0.4, 0.5) is 0 Å². The molecule has 156 valence electrons. The zero-order chi connectivity index (χ0) is 20.4. The molecule has 2 nitrogen and oxygen atoms in total. The lowest BCUT2D eigenvalue weighted by Gasteiger charge is -2.60. The maximum Gasteiger partial charge on any atom is 0.159 e. The second kappa shape index (κ2) is 7.05. The second-order valence-electron chi connectivity index (χ2n) is 10.8. The number of rotatable bonds is 1. The number of benzene rings is 1. The maximum atomic E-state index is 13.0. The summed E-state index contributed by atoms with van der Waals surface area (Å²) in [4.78, 5) is 13.0. The summed E-state index contributed by atoms with van der Waals surface area (Å²) in [5.74, 6) is 3.01. The van der Waals surface area contributed by atoms with E-state index in [9.17, 15) is 9.90 Å². The third-order valence-corrected chi connectivity index (χ3v) is 10.1. The molecule has 0 amide bonds. The van der Waals surface area contributed by atoms with E-state index in [1.807, 2.05) is 12.1 Å². The Kier molecular flexibility index (Phi) is 4.86. The Morgan fingerprint density at radius 1 is 1.00 bits per heavy atom. The first-order valence-corrected chi connectivity index (χ1v) is 12.3. The molecule has 0 saturated heterocycles. The van der Waals surface area contributed by atoms with Crippen molar-refractivity contribution in [2.45, 2.75) is 71.3 Å². The molecule has 0 heterocycles. The van der Waals surface area contributed by atoms with Gasteiger partial charge in [0.25, 0.3) is 0 Å². The van der Waals surface area contributed by atoms with Crippen molar-refractivity contribution < 1.29 is 9.90 Å². The SMILES string of the molecule is C[C@]12C/C(=C/c3ccc(Br)cc3)C(=O)C[C@@H]1CC[C@H]1[C@H]2CC[C@@]2(C)[C@H](O)CC[C@H]12. The molecule has 1 N–H and O–H groups in total. The molecule has 7 atom stereocenters. The van der Waals surface area contributed by atoms with Crippen LogP contribution in [0.2, 0.25) is 0 Å². The number of carbonyl (C=O) groups is 1. The quantitative estimate of drug-likeness (QED) is 0.495. The van der Waals surface area contributed by atoms with Crippen molar-refractivity contribution >= 4 is 27.8 Å². The fraction of sp³-hybridized carbons (Fsp3) is 0.654. The van der Waals surface area contributed by atoms with Gasteiger partial charge < -0.3 is 5.11 Å². The van der Waals surface area contributed by atoms with Gasteiger partial charge in [-0.1, -0.05) is 41.9 Å². The summed E-state index contributed by atoms with van der Waals surface area (Å²) >= 11 is 3.50. The van der Waals surface area contributed by atoms with E-state index < -0.39 is 0 Å². The Labute approximate surface area is 183 Å². The van der Waals surface area contributed by atoms with Crippen LogP contribution in [0.1, 0.15) is 70.8 Å². The molecule has 0 radical (unpaired) electrons. The van der Waals surface area contributed by atoms with Crippen molar-refractivity contribution in [2.24, 2.45) is 34.5 Å². The Bertz CT molecular complexity index is 843. The van der Waals surface area contributed by atoms with Crippen molar-refractivity contribution in [3.05, 3.63) is 39.9 Å². The summed E-state index contributed by atoms with van der Waals surface area (Å²) in [5.41, 5.74) is 2.52. The fourth-order valence-corrected chi connectivity index (χ4v) is 8.14. The van der Waals surface area contributed by atoms with E-state index >= 15 is 0 Å². The molecule has 5 rings (SSSR count). The molecule has 0 aliphatic heterocycles. The molecule has 3 heteroatoms. The lowest BCUT2D eigenvalue weighted by molar-refractivity contribution is -0.134. The van der Waals surface area contributed by atoms with Crippen LogP contribution in [0.5, 0.6) is 0 Å². The topological polar surface area (TPSA) is 37.3 Å². The van der Waals surface area contributed by atoms with Gasteiger partial charge in [-0.25, -0.2) is 0 Å². The minimum absolute atomic E-state index is 0.111. The van der Waals surface area contributed by atoms with Gasteiger partial charge >= 0.3 is 0 Å². The monoisotopic (exact) mass is 456 g/mol. The highest BCUT2D eigenvalue weighted by Gasteiger charge is 2.60. The minimum Gasteiger partial charge on any atom is -0.393 e. The Morgan fingerprint density at radius 2 is 1.72 bits per heavy atom. The van der Waals surface area contributed by atoms with Crippen LogP contribution >= 0.6 is 15.9 Å². The zero-order valence-electron chi connectivity index (χ0n) is 17.7. The van der Waals surface area contributed by atoms with Crippen LogP contribution in [0.25, 0.3) is 6.08 Å². The lowest BCUT2D eigenvalue weighted by atomic mass is 9.45. The molecule has 4 fully saturated rings. The summed E-state index contributed by atoms with van der Waals surface area (Å²) in [5, 5.41) is 10.7. The van der Waals surface area contributed by atoms with Gasteiger partial charge in [0.2, 0.25) is 0 Å². The predicted molar refractivity (Wildman–Crippen MR) is 120 cm³/mol.